The third kappa shape index (κ3) is 2.40. The van der Waals surface area contributed by atoms with Gasteiger partial charge in [-0.15, -0.1) is 0 Å². The first-order valence-electron chi connectivity index (χ1n) is 5.24. The van der Waals surface area contributed by atoms with Crippen LogP contribution in [-0.2, 0) is 4.79 Å². The Kier molecular flexibility index (Phi) is 3.10. The van der Waals surface area contributed by atoms with Crippen LogP contribution in [0.3, 0.4) is 0 Å². The summed E-state index contributed by atoms with van der Waals surface area (Å²) >= 11 is 3.44. The van der Waals surface area contributed by atoms with E-state index in [2.05, 4.69) is 21.2 Å². The van der Waals surface area contributed by atoms with Crippen LogP contribution in [0.1, 0.15) is 24.8 Å². The van der Waals surface area contributed by atoms with Crippen LogP contribution in [0, 0.1) is 12.8 Å². The van der Waals surface area contributed by atoms with E-state index in [0.29, 0.717) is 0 Å². The van der Waals surface area contributed by atoms with E-state index in [0.717, 1.165) is 28.6 Å². The molecule has 0 heterocycles. The van der Waals surface area contributed by atoms with Crippen molar-refractivity contribution in [2.45, 2.75) is 26.2 Å². The van der Waals surface area contributed by atoms with E-state index in [9.17, 15) is 4.79 Å². The first-order valence-corrected chi connectivity index (χ1v) is 6.03. The number of carbonyl (C=O) groups is 1. The number of carbonyl (C=O) groups excluding carboxylic acids is 1. The van der Waals surface area contributed by atoms with Crippen molar-refractivity contribution in [2.75, 3.05) is 5.32 Å². The molecule has 1 amide bonds. The minimum atomic E-state index is 0.169. The molecule has 15 heavy (non-hydrogen) atoms. The molecule has 1 aromatic rings. The Balaban J connectivity index is 2.03. The van der Waals surface area contributed by atoms with E-state index in [4.69, 9.17) is 0 Å². The Morgan fingerprint density at radius 3 is 2.73 bits per heavy atom. The summed E-state index contributed by atoms with van der Waals surface area (Å²) in [6, 6.07) is 5.88. The summed E-state index contributed by atoms with van der Waals surface area (Å²) < 4.78 is 1.07. The molecular formula is C12H14BrNO. The second kappa shape index (κ2) is 4.35. The average molecular weight is 268 g/mol. The second-order valence-electron chi connectivity index (χ2n) is 4.08. The molecule has 0 aliphatic heterocycles. The van der Waals surface area contributed by atoms with Gasteiger partial charge in [-0.05, 0) is 43.5 Å². The van der Waals surface area contributed by atoms with Crippen molar-refractivity contribution in [3.8, 4) is 0 Å². The zero-order valence-electron chi connectivity index (χ0n) is 8.72. The molecule has 80 valence electrons. The van der Waals surface area contributed by atoms with E-state index in [-0.39, 0.29) is 11.8 Å². The van der Waals surface area contributed by atoms with Crippen LogP contribution in [0.2, 0.25) is 0 Å². The Morgan fingerprint density at radius 2 is 2.20 bits per heavy atom. The third-order valence-electron chi connectivity index (χ3n) is 2.90. The molecule has 0 bridgehead atoms. The molecule has 2 rings (SSSR count). The van der Waals surface area contributed by atoms with Gasteiger partial charge in [0, 0.05) is 16.1 Å². The summed E-state index contributed by atoms with van der Waals surface area (Å²) in [5, 5.41) is 2.95. The first kappa shape index (κ1) is 10.7. The Labute approximate surface area is 98.2 Å². The molecule has 3 heteroatoms. The van der Waals surface area contributed by atoms with Crippen molar-refractivity contribution >= 4 is 27.5 Å². The van der Waals surface area contributed by atoms with Crippen molar-refractivity contribution < 1.29 is 4.79 Å². The van der Waals surface area contributed by atoms with Crippen LogP contribution < -0.4 is 5.32 Å². The highest BCUT2D eigenvalue weighted by Crippen LogP contribution is 2.28. The van der Waals surface area contributed by atoms with Crippen molar-refractivity contribution in [2.24, 2.45) is 5.92 Å². The third-order valence-corrected chi connectivity index (χ3v) is 3.79. The van der Waals surface area contributed by atoms with Crippen molar-refractivity contribution in [3.05, 3.63) is 28.2 Å². The van der Waals surface area contributed by atoms with Crippen molar-refractivity contribution in [3.63, 3.8) is 0 Å². The van der Waals surface area contributed by atoms with E-state index in [1.807, 2.05) is 25.1 Å². The number of rotatable bonds is 2. The van der Waals surface area contributed by atoms with Crippen LogP contribution in [0.15, 0.2) is 22.7 Å². The lowest BCUT2D eigenvalue weighted by atomic mass is 9.85. The normalized spacial score (nSPS) is 15.9. The second-order valence-corrected chi connectivity index (χ2v) is 4.94. The number of halogens is 1. The Bertz CT molecular complexity index is 385. The maximum absolute atomic E-state index is 11.7. The summed E-state index contributed by atoms with van der Waals surface area (Å²) in [7, 11) is 0. The molecule has 0 spiro atoms. The van der Waals surface area contributed by atoms with Crippen LogP contribution in [0.5, 0.6) is 0 Å². The molecule has 0 atom stereocenters. The lowest BCUT2D eigenvalue weighted by Gasteiger charge is -2.24. The number of amides is 1. The Morgan fingerprint density at radius 1 is 1.47 bits per heavy atom. The SMILES string of the molecule is Cc1cc(NC(=O)C2CCC2)ccc1Br. The number of hydrogen-bond donors (Lipinski definition) is 1. The van der Waals surface area contributed by atoms with Gasteiger partial charge in [0.25, 0.3) is 0 Å². The zero-order valence-corrected chi connectivity index (χ0v) is 10.3. The maximum Gasteiger partial charge on any atom is 0.227 e. The number of benzene rings is 1. The van der Waals surface area contributed by atoms with Gasteiger partial charge in [0.2, 0.25) is 5.91 Å². The van der Waals surface area contributed by atoms with Gasteiger partial charge in [-0.25, -0.2) is 0 Å². The molecule has 0 unspecified atom stereocenters. The van der Waals surface area contributed by atoms with Crippen molar-refractivity contribution in [1.29, 1.82) is 0 Å². The summed E-state index contributed by atoms with van der Waals surface area (Å²) in [6.45, 7) is 2.02. The summed E-state index contributed by atoms with van der Waals surface area (Å²) in [5.41, 5.74) is 2.04. The quantitative estimate of drug-likeness (QED) is 0.873. The van der Waals surface area contributed by atoms with Crippen LogP contribution in [0.4, 0.5) is 5.69 Å². The van der Waals surface area contributed by atoms with Gasteiger partial charge in [-0.3, -0.25) is 4.79 Å². The minimum absolute atomic E-state index is 0.169. The maximum atomic E-state index is 11.7. The molecule has 1 aliphatic carbocycles. The van der Waals surface area contributed by atoms with E-state index in [1.165, 1.54) is 6.42 Å². The van der Waals surface area contributed by atoms with E-state index < -0.39 is 0 Å². The minimum Gasteiger partial charge on any atom is -0.326 e. The first-order chi connectivity index (χ1) is 7.16. The number of aryl methyl sites for hydroxylation is 1. The molecule has 1 aromatic carbocycles. The number of nitrogens with one attached hydrogen (secondary N) is 1. The zero-order chi connectivity index (χ0) is 10.8. The van der Waals surface area contributed by atoms with Gasteiger partial charge in [0.05, 0.1) is 0 Å². The fourth-order valence-corrected chi connectivity index (χ4v) is 1.88. The largest absolute Gasteiger partial charge is 0.326 e. The highest BCUT2D eigenvalue weighted by Gasteiger charge is 2.25. The highest BCUT2D eigenvalue weighted by atomic mass is 79.9. The van der Waals surface area contributed by atoms with E-state index >= 15 is 0 Å². The number of anilines is 1. The molecule has 1 aliphatic rings. The topological polar surface area (TPSA) is 29.1 Å². The summed E-state index contributed by atoms with van der Waals surface area (Å²) in [6.07, 6.45) is 3.28. The van der Waals surface area contributed by atoms with E-state index in [1.54, 1.807) is 0 Å². The van der Waals surface area contributed by atoms with Gasteiger partial charge in [0.1, 0.15) is 0 Å². The van der Waals surface area contributed by atoms with Crippen LogP contribution in [0.25, 0.3) is 0 Å². The molecule has 0 saturated heterocycles. The summed E-state index contributed by atoms with van der Waals surface area (Å²) in [4.78, 5) is 11.7. The Hall–Kier alpha value is -0.830. The molecule has 0 aromatic heterocycles. The average Bonchev–Trinajstić information content (AvgIpc) is 2.08. The van der Waals surface area contributed by atoms with Crippen molar-refractivity contribution in [1.82, 2.24) is 0 Å². The van der Waals surface area contributed by atoms with Gasteiger partial charge in [-0.2, -0.15) is 0 Å². The lowest BCUT2D eigenvalue weighted by molar-refractivity contribution is -0.122. The standard InChI is InChI=1S/C12H14BrNO/c1-8-7-10(5-6-11(8)13)14-12(15)9-3-2-4-9/h5-7,9H,2-4H2,1H3,(H,14,15). The molecular weight excluding hydrogens is 254 g/mol. The molecule has 0 radical (unpaired) electrons. The highest BCUT2D eigenvalue weighted by molar-refractivity contribution is 9.10. The fourth-order valence-electron chi connectivity index (χ4n) is 1.64. The predicted molar refractivity (Wildman–Crippen MR) is 64.8 cm³/mol. The molecule has 1 saturated carbocycles. The monoisotopic (exact) mass is 267 g/mol. The van der Waals surface area contributed by atoms with Gasteiger partial charge in [-0.1, -0.05) is 22.4 Å². The fraction of sp³-hybridized carbons (Fsp3) is 0.417. The summed E-state index contributed by atoms with van der Waals surface area (Å²) in [5.74, 6) is 0.414. The lowest BCUT2D eigenvalue weighted by Crippen LogP contribution is -2.28. The van der Waals surface area contributed by atoms with Gasteiger partial charge >= 0.3 is 0 Å². The molecule has 2 nitrogen and oxygen atoms in total. The smallest absolute Gasteiger partial charge is 0.227 e. The van der Waals surface area contributed by atoms with Gasteiger partial charge in [0.15, 0.2) is 0 Å². The van der Waals surface area contributed by atoms with Gasteiger partial charge < -0.3 is 5.32 Å². The predicted octanol–water partition coefficient (Wildman–Crippen LogP) is 3.50. The molecule has 1 fully saturated rings. The van der Waals surface area contributed by atoms with Crippen LogP contribution >= 0.6 is 15.9 Å². The van der Waals surface area contributed by atoms with Crippen LogP contribution in [-0.4, -0.2) is 5.91 Å². The number of hydrogen-bond acceptors (Lipinski definition) is 1. The molecule has 1 N–H and O–H groups in total.